The molecule has 3 aromatic rings. The molecule has 0 radical (unpaired) electrons. The van der Waals surface area contributed by atoms with Crippen LogP contribution in [-0.4, -0.2) is 42.0 Å². The van der Waals surface area contributed by atoms with Gasteiger partial charge in [0.15, 0.2) is 11.5 Å². The van der Waals surface area contributed by atoms with Gasteiger partial charge < -0.3 is 30.2 Å². The number of hydrogen-bond donors (Lipinski definition) is 3. The minimum Gasteiger partial charge on any atom is -0.485 e. The number of esters is 1. The van der Waals surface area contributed by atoms with Crippen LogP contribution in [0, 0.1) is 24.2 Å². The van der Waals surface area contributed by atoms with Gasteiger partial charge in [-0.1, -0.05) is 26.5 Å². The number of ether oxygens (including phenoxy) is 3. The molecule has 0 saturated heterocycles. The normalized spacial score (nSPS) is 14.6. The number of rotatable bonds is 12. The highest BCUT2D eigenvalue weighted by molar-refractivity contribution is 6.09. The minimum absolute atomic E-state index is 0.0301. The van der Waals surface area contributed by atoms with Gasteiger partial charge in [-0.15, -0.1) is 12.3 Å². The van der Waals surface area contributed by atoms with Crippen LogP contribution in [0.25, 0.3) is 0 Å². The van der Waals surface area contributed by atoms with E-state index >= 15 is 0 Å². The highest BCUT2D eigenvalue weighted by atomic mass is 16.6. The lowest BCUT2D eigenvalue weighted by atomic mass is 10.1. The Kier molecular flexibility index (Phi) is 13.2. The zero-order chi connectivity index (χ0) is 36.3. The summed E-state index contributed by atoms with van der Waals surface area (Å²) in [6.07, 6.45) is 7.26. The van der Waals surface area contributed by atoms with Crippen molar-refractivity contribution in [2.75, 3.05) is 22.6 Å². The highest BCUT2D eigenvalue weighted by Gasteiger charge is 2.41. The summed E-state index contributed by atoms with van der Waals surface area (Å²) >= 11 is 0. The number of benzene rings is 3. The second-order valence-electron chi connectivity index (χ2n) is 12.3. The van der Waals surface area contributed by atoms with Crippen molar-refractivity contribution in [3.63, 3.8) is 0 Å². The van der Waals surface area contributed by atoms with Crippen molar-refractivity contribution in [2.45, 2.75) is 66.6 Å². The van der Waals surface area contributed by atoms with Crippen LogP contribution < -0.4 is 25.4 Å². The third kappa shape index (κ3) is 10.7. The molecule has 49 heavy (non-hydrogen) atoms. The average Bonchev–Trinajstić information content (AvgIpc) is 3.86. The molecule has 3 aromatic carbocycles. The van der Waals surface area contributed by atoms with Crippen LogP contribution in [0.2, 0.25) is 0 Å². The first-order chi connectivity index (χ1) is 23.3. The maximum absolute atomic E-state index is 13.5. The van der Waals surface area contributed by atoms with Crippen LogP contribution in [0.3, 0.4) is 0 Å². The first-order valence-corrected chi connectivity index (χ1v) is 16.2. The van der Waals surface area contributed by atoms with Crippen LogP contribution in [0.15, 0.2) is 73.3 Å². The maximum atomic E-state index is 13.5. The number of amides is 3. The molecule has 1 aliphatic carbocycles. The number of terminal acetylenes is 1. The van der Waals surface area contributed by atoms with Gasteiger partial charge in [0.1, 0.15) is 12.2 Å². The minimum atomic E-state index is -0.639. The second-order valence-corrected chi connectivity index (χ2v) is 12.3. The van der Waals surface area contributed by atoms with Crippen molar-refractivity contribution in [1.82, 2.24) is 0 Å². The predicted octanol–water partition coefficient (Wildman–Crippen LogP) is 7.73. The zero-order valence-electron chi connectivity index (χ0n) is 29.1. The Morgan fingerprint density at radius 3 is 2.00 bits per heavy atom. The molecule has 2 atom stereocenters. The van der Waals surface area contributed by atoms with Crippen molar-refractivity contribution >= 4 is 40.8 Å². The molecule has 2 unspecified atom stereocenters. The van der Waals surface area contributed by atoms with Gasteiger partial charge in [0.05, 0.1) is 28.8 Å². The summed E-state index contributed by atoms with van der Waals surface area (Å²) in [4.78, 5) is 51.5. The fourth-order valence-electron chi connectivity index (χ4n) is 4.51. The number of anilines is 3. The van der Waals surface area contributed by atoms with E-state index in [1.165, 1.54) is 12.1 Å². The molecule has 1 aliphatic rings. The average molecular weight is 668 g/mol. The summed E-state index contributed by atoms with van der Waals surface area (Å²) in [5.74, 6) is 1.09. The third-order valence-corrected chi connectivity index (χ3v) is 6.84. The van der Waals surface area contributed by atoms with E-state index in [9.17, 15) is 19.2 Å². The molecule has 10 nitrogen and oxygen atoms in total. The molecule has 4 rings (SSSR count). The summed E-state index contributed by atoms with van der Waals surface area (Å²) in [5, 5.41) is 8.48. The fourth-order valence-corrected chi connectivity index (χ4v) is 4.51. The quantitative estimate of drug-likeness (QED) is 0.102. The van der Waals surface area contributed by atoms with Gasteiger partial charge in [-0.25, -0.2) is 4.79 Å². The molecule has 0 heterocycles. The summed E-state index contributed by atoms with van der Waals surface area (Å²) in [6, 6.07) is 15.8. The number of hydrogen-bond acceptors (Lipinski definition) is 7. The Hall–Kier alpha value is -5.56. The van der Waals surface area contributed by atoms with Crippen molar-refractivity contribution in [1.29, 1.82) is 0 Å². The van der Waals surface area contributed by atoms with E-state index in [1.807, 2.05) is 27.7 Å². The lowest BCUT2D eigenvalue weighted by Crippen LogP contribution is -2.23. The van der Waals surface area contributed by atoms with E-state index in [2.05, 4.69) is 28.4 Å². The van der Waals surface area contributed by atoms with Crippen LogP contribution >= 0.6 is 0 Å². The molecule has 1 fully saturated rings. The fraction of sp³-hybridized carbons (Fsp3) is 0.333. The Bertz CT molecular complexity index is 1700. The molecule has 10 heteroatoms. The smallest absolute Gasteiger partial charge is 0.338 e. The monoisotopic (exact) mass is 667 g/mol. The van der Waals surface area contributed by atoms with Crippen molar-refractivity contribution in [2.24, 2.45) is 11.8 Å². The lowest BCUT2D eigenvalue weighted by molar-refractivity contribution is -0.117. The second kappa shape index (κ2) is 17.0. The zero-order valence-corrected chi connectivity index (χ0v) is 29.1. The maximum Gasteiger partial charge on any atom is 0.338 e. The van der Waals surface area contributed by atoms with Crippen LogP contribution in [-0.2, 0) is 9.53 Å². The third-order valence-electron chi connectivity index (χ3n) is 6.84. The Balaban J connectivity index is 0.00000319. The van der Waals surface area contributed by atoms with E-state index in [0.29, 0.717) is 28.9 Å². The number of carbonyl (C=O) groups is 4. The lowest BCUT2D eigenvalue weighted by Gasteiger charge is -2.21. The molecule has 0 bridgehead atoms. The summed E-state index contributed by atoms with van der Waals surface area (Å²) < 4.78 is 17.4. The molecule has 0 aromatic heterocycles. The molecule has 3 N–H and O–H groups in total. The van der Waals surface area contributed by atoms with Crippen LogP contribution in [0.5, 0.6) is 11.5 Å². The van der Waals surface area contributed by atoms with Gasteiger partial charge in [0, 0.05) is 22.9 Å². The SMILES string of the molecule is C#CC1CC1C(=O)Nc1ccc(C(=O)Nc2ccc(C(=O)Nc3ccc(C(=O)OC(C)(C)C)cc3)c(OCC=C)c2OC(C)C)cc1.CC. The first kappa shape index (κ1) is 37.9. The van der Waals surface area contributed by atoms with Gasteiger partial charge in [0.2, 0.25) is 5.91 Å². The molecule has 1 saturated carbocycles. The number of carbonyl (C=O) groups excluding carboxylic acids is 4. The molecular formula is C39H45N3O7. The van der Waals surface area contributed by atoms with Crippen molar-refractivity contribution < 1.29 is 33.4 Å². The van der Waals surface area contributed by atoms with Crippen molar-refractivity contribution in [3.8, 4) is 23.8 Å². The molecule has 0 spiro atoms. The molecule has 0 aliphatic heterocycles. The van der Waals surface area contributed by atoms with Crippen molar-refractivity contribution in [3.05, 3.63) is 90.0 Å². The largest absolute Gasteiger partial charge is 0.485 e. The molecule has 3 amide bonds. The van der Waals surface area contributed by atoms with E-state index in [-0.39, 0.29) is 53.2 Å². The van der Waals surface area contributed by atoms with E-state index in [1.54, 1.807) is 75.4 Å². The van der Waals surface area contributed by atoms with Gasteiger partial charge in [0.25, 0.3) is 11.8 Å². The highest BCUT2D eigenvalue weighted by Crippen LogP contribution is 2.41. The Labute approximate surface area is 288 Å². The predicted molar refractivity (Wildman–Crippen MR) is 192 cm³/mol. The van der Waals surface area contributed by atoms with E-state index in [4.69, 9.17) is 20.6 Å². The summed E-state index contributed by atoms with van der Waals surface area (Å²) in [6.45, 7) is 16.7. The molecular weight excluding hydrogens is 622 g/mol. The van der Waals surface area contributed by atoms with Crippen LogP contribution in [0.4, 0.5) is 17.1 Å². The van der Waals surface area contributed by atoms with Gasteiger partial charge in [-0.2, -0.15) is 0 Å². The van der Waals surface area contributed by atoms with Crippen LogP contribution in [0.1, 0.15) is 86.0 Å². The van der Waals surface area contributed by atoms with Gasteiger partial charge in [-0.05, 0) is 102 Å². The summed E-state index contributed by atoms with van der Waals surface area (Å²) in [5.41, 5.74) is 1.46. The Morgan fingerprint density at radius 2 is 1.47 bits per heavy atom. The van der Waals surface area contributed by atoms with Gasteiger partial charge in [-0.3, -0.25) is 14.4 Å². The van der Waals surface area contributed by atoms with Gasteiger partial charge >= 0.3 is 5.97 Å². The topological polar surface area (TPSA) is 132 Å². The first-order valence-electron chi connectivity index (χ1n) is 16.2. The summed E-state index contributed by atoms with van der Waals surface area (Å²) in [7, 11) is 0. The number of nitrogens with one attached hydrogen (secondary N) is 3. The standard InChI is InChI=1S/C37H39N3O7.C2H6/c1-8-20-45-31-28(34(42)38-27-16-12-25(13-17-27)36(44)47-37(5,6)7)18-19-30(32(31)46-22(3)4)40-33(41)24-10-14-26(15-11-24)39-35(43)29-21-23(29)9-2;1-2/h2,8,10-19,22-23,29H,1,20-21H2,3-7H3,(H,38,42)(H,39,43)(H,40,41);1-2H3. The molecule has 258 valence electrons. The van der Waals surface area contributed by atoms with E-state index < -0.39 is 23.4 Å². The van der Waals surface area contributed by atoms with E-state index in [0.717, 1.165) is 0 Å². The Morgan fingerprint density at radius 1 is 0.878 bits per heavy atom.